The quantitative estimate of drug-likeness (QED) is 0.770. The molecule has 1 N–H and O–H groups in total. The minimum atomic E-state index is 0.0717. The highest BCUT2D eigenvalue weighted by Crippen LogP contribution is 2.27. The summed E-state index contributed by atoms with van der Waals surface area (Å²) in [4.78, 5) is 25.9. The summed E-state index contributed by atoms with van der Waals surface area (Å²) in [5.41, 5.74) is 2.00. The largest absolute Gasteiger partial charge is 0.494 e. The van der Waals surface area contributed by atoms with Crippen LogP contribution in [0.2, 0.25) is 0 Å². The average molecular weight is 344 g/mol. The second-order valence-electron chi connectivity index (χ2n) is 6.94. The van der Waals surface area contributed by atoms with Crippen molar-refractivity contribution >= 4 is 17.5 Å². The van der Waals surface area contributed by atoms with Crippen LogP contribution in [0.3, 0.4) is 0 Å². The van der Waals surface area contributed by atoms with Gasteiger partial charge >= 0.3 is 0 Å². The average Bonchev–Trinajstić information content (AvgIpc) is 3.13. The lowest BCUT2D eigenvalue weighted by molar-refractivity contribution is -0.133. The van der Waals surface area contributed by atoms with E-state index >= 15 is 0 Å². The number of ether oxygens (including phenoxy) is 1. The van der Waals surface area contributed by atoms with E-state index in [4.69, 9.17) is 4.74 Å². The van der Waals surface area contributed by atoms with E-state index in [0.717, 1.165) is 49.2 Å². The van der Waals surface area contributed by atoms with Crippen molar-refractivity contribution in [1.82, 2.24) is 4.90 Å². The van der Waals surface area contributed by atoms with E-state index in [2.05, 4.69) is 17.1 Å². The summed E-state index contributed by atoms with van der Waals surface area (Å²) in [6.45, 7) is 3.42. The molecule has 1 aromatic carbocycles. The number of fused-ring (bicyclic) bond motifs is 1. The summed E-state index contributed by atoms with van der Waals surface area (Å²) < 4.78 is 5.80. The third-order valence-corrected chi connectivity index (χ3v) is 5.20. The van der Waals surface area contributed by atoms with Gasteiger partial charge in [-0.3, -0.25) is 9.59 Å². The third kappa shape index (κ3) is 4.53. The van der Waals surface area contributed by atoms with E-state index in [1.54, 1.807) is 0 Å². The standard InChI is InChI=1S/C20H28N2O3/c1-2-22(16-6-3-4-7-16)20(24)8-5-13-25-17-10-11-18-15(14-17)9-12-19(23)21-18/h10-11,14,16H,2-9,12-13H2,1H3,(H,21,23). The van der Waals surface area contributed by atoms with Crippen molar-refractivity contribution in [1.29, 1.82) is 0 Å². The minimum absolute atomic E-state index is 0.0717. The van der Waals surface area contributed by atoms with Gasteiger partial charge in [-0.25, -0.2) is 0 Å². The normalized spacial score (nSPS) is 17.1. The molecule has 1 heterocycles. The van der Waals surface area contributed by atoms with Crippen LogP contribution < -0.4 is 10.1 Å². The fourth-order valence-electron chi connectivity index (χ4n) is 3.86. The Morgan fingerprint density at radius 3 is 2.84 bits per heavy atom. The molecular weight excluding hydrogens is 316 g/mol. The van der Waals surface area contributed by atoms with Crippen molar-refractivity contribution < 1.29 is 14.3 Å². The van der Waals surface area contributed by atoms with Gasteiger partial charge < -0.3 is 15.0 Å². The number of nitrogens with zero attached hydrogens (tertiary/aromatic N) is 1. The Balaban J connectivity index is 1.43. The fraction of sp³-hybridized carbons (Fsp3) is 0.600. The molecule has 25 heavy (non-hydrogen) atoms. The Hall–Kier alpha value is -2.04. The predicted octanol–water partition coefficient (Wildman–Crippen LogP) is 3.52. The van der Waals surface area contributed by atoms with E-state index in [9.17, 15) is 9.59 Å². The molecule has 0 bridgehead atoms. The Morgan fingerprint density at radius 2 is 2.08 bits per heavy atom. The maximum atomic E-state index is 12.4. The van der Waals surface area contributed by atoms with Crippen LogP contribution in [0.4, 0.5) is 5.69 Å². The van der Waals surface area contributed by atoms with Crippen LogP contribution in [0, 0.1) is 0 Å². The van der Waals surface area contributed by atoms with Crippen LogP contribution in [0.15, 0.2) is 18.2 Å². The van der Waals surface area contributed by atoms with Crippen molar-refractivity contribution in [2.24, 2.45) is 0 Å². The number of hydrogen-bond donors (Lipinski definition) is 1. The smallest absolute Gasteiger partial charge is 0.224 e. The molecule has 1 aliphatic carbocycles. The SMILES string of the molecule is CCN(C(=O)CCCOc1ccc2c(c1)CCC(=O)N2)C1CCCC1. The highest BCUT2D eigenvalue weighted by Gasteiger charge is 2.24. The highest BCUT2D eigenvalue weighted by atomic mass is 16.5. The molecule has 136 valence electrons. The Morgan fingerprint density at radius 1 is 1.28 bits per heavy atom. The van der Waals surface area contributed by atoms with E-state index in [-0.39, 0.29) is 11.8 Å². The van der Waals surface area contributed by atoms with Crippen molar-refractivity contribution in [3.05, 3.63) is 23.8 Å². The van der Waals surface area contributed by atoms with Gasteiger partial charge in [0.15, 0.2) is 0 Å². The zero-order valence-corrected chi connectivity index (χ0v) is 15.1. The Kier molecular flexibility index (Phi) is 5.95. The number of hydrogen-bond acceptors (Lipinski definition) is 3. The Labute approximate surface area is 149 Å². The van der Waals surface area contributed by atoms with Crippen molar-refractivity contribution in [3.8, 4) is 5.75 Å². The van der Waals surface area contributed by atoms with Crippen LogP contribution in [0.25, 0.3) is 0 Å². The van der Waals surface area contributed by atoms with Crippen LogP contribution in [-0.2, 0) is 16.0 Å². The molecule has 0 radical (unpaired) electrons. The molecular formula is C20H28N2O3. The van der Waals surface area contributed by atoms with Gasteiger partial charge in [0, 0.05) is 31.1 Å². The number of carbonyl (C=O) groups is 2. The number of rotatable bonds is 7. The van der Waals surface area contributed by atoms with E-state index in [1.165, 1.54) is 12.8 Å². The summed E-state index contributed by atoms with van der Waals surface area (Å²) in [6.07, 6.45) is 7.36. The molecule has 1 saturated carbocycles. The number of nitrogens with one attached hydrogen (secondary N) is 1. The molecule has 0 saturated heterocycles. The maximum Gasteiger partial charge on any atom is 0.224 e. The summed E-state index contributed by atoms with van der Waals surface area (Å²) in [6, 6.07) is 6.22. The summed E-state index contributed by atoms with van der Waals surface area (Å²) in [5, 5.41) is 2.87. The van der Waals surface area contributed by atoms with Gasteiger partial charge in [-0.05, 0) is 56.4 Å². The van der Waals surface area contributed by atoms with Crippen LogP contribution in [-0.4, -0.2) is 35.9 Å². The summed E-state index contributed by atoms with van der Waals surface area (Å²) in [5.74, 6) is 1.14. The molecule has 5 nitrogen and oxygen atoms in total. The molecule has 1 aromatic rings. The van der Waals surface area contributed by atoms with Crippen LogP contribution in [0.5, 0.6) is 5.75 Å². The summed E-state index contributed by atoms with van der Waals surface area (Å²) in [7, 11) is 0. The zero-order chi connectivity index (χ0) is 17.6. The van der Waals surface area contributed by atoms with Crippen LogP contribution in [0.1, 0.15) is 57.4 Å². The monoisotopic (exact) mass is 344 g/mol. The van der Waals surface area contributed by atoms with Gasteiger partial charge in [0.1, 0.15) is 5.75 Å². The molecule has 1 fully saturated rings. The first-order valence-corrected chi connectivity index (χ1v) is 9.52. The molecule has 0 atom stereocenters. The van der Waals surface area contributed by atoms with E-state index in [1.807, 2.05) is 18.2 Å². The topological polar surface area (TPSA) is 58.6 Å². The van der Waals surface area contributed by atoms with Gasteiger partial charge in [0.2, 0.25) is 11.8 Å². The lowest BCUT2D eigenvalue weighted by atomic mass is 10.0. The van der Waals surface area contributed by atoms with Crippen LogP contribution >= 0.6 is 0 Å². The molecule has 0 spiro atoms. The zero-order valence-electron chi connectivity index (χ0n) is 15.1. The van der Waals surface area contributed by atoms with Gasteiger partial charge in [-0.1, -0.05) is 12.8 Å². The lowest BCUT2D eigenvalue weighted by Gasteiger charge is -2.27. The van der Waals surface area contributed by atoms with Gasteiger partial charge in [0.05, 0.1) is 6.61 Å². The Bertz CT molecular complexity index is 623. The first kappa shape index (κ1) is 17.8. The highest BCUT2D eigenvalue weighted by molar-refractivity contribution is 5.94. The minimum Gasteiger partial charge on any atom is -0.494 e. The van der Waals surface area contributed by atoms with E-state index < -0.39 is 0 Å². The second kappa shape index (κ2) is 8.37. The molecule has 1 aliphatic heterocycles. The van der Waals surface area contributed by atoms with Gasteiger partial charge in [-0.15, -0.1) is 0 Å². The van der Waals surface area contributed by atoms with Crippen molar-refractivity contribution in [2.75, 3.05) is 18.5 Å². The number of amides is 2. The number of anilines is 1. The van der Waals surface area contributed by atoms with Gasteiger partial charge in [0.25, 0.3) is 0 Å². The molecule has 2 aliphatic rings. The molecule has 0 aromatic heterocycles. The number of benzene rings is 1. The molecule has 0 unspecified atom stereocenters. The molecule has 5 heteroatoms. The molecule has 2 amide bonds. The number of carbonyl (C=O) groups excluding carboxylic acids is 2. The fourth-order valence-corrected chi connectivity index (χ4v) is 3.86. The summed E-state index contributed by atoms with van der Waals surface area (Å²) >= 11 is 0. The first-order chi connectivity index (χ1) is 12.2. The number of aryl methyl sites for hydroxylation is 1. The first-order valence-electron chi connectivity index (χ1n) is 9.52. The van der Waals surface area contributed by atoms with Crippen molar-refractivity contribution in [2.45, 2.75) is 64.3 Å². The second-order valence-corrected chi connectivity index (χ2v) is 6.94. The maximum absolute atomic E-state index is 12.4. The van der Waals surface area contributed by atoms with Crippen molar-refractivity contribution in [3.63, 3.8) is 0 Å². The lowest BCUT2D eigenvalue weighted by Crippen LogP contribution is -2.38. The molecule has 3 rings (SSSR count). The van der Waals surface area contributed by atoms with Gasteiger partial charge in [-0.2, -0.15) is 0 Å². The third-order valence-electron chi connectivity index (χ3n) is 5.20. The predicted molar refractivity (Wildman–Crippen MR) is 97.8 cm³/mol. The van der Waals surface area contributed by atoms with E-state index in [0.29, 0.717) is 25.5 Å².